The van der Waals surface area contributed by atoms with Crippen molar-refractivity contribution in [2.75, 3.05) is 18.0 Å². The molecule has 1 aliphatic heterocycles. The molecule has 1 fully saturated rings. The van der Waals surface area contributed by atoms with Crippen molar-refractivity contribution in [1.29, 1.82) is 5.41 Å². The summed E-state index contributed by atoms with van der Waals surface area (Å²) in [5.41, 5.74) is 7.82. The number of alkyl halides is 2. The molecule has 8 heteroatoms. The first-order valence-electron chi connectivity index (χ1n) is 8.49. The lowest BCUT2D eigenvalue weighted by atomic mass is 9.96. The number of nitrogens with two attached hydrogens (primary N) is 1. The van der Waals surface area contributed by atoms with Crippen LogP contribution in [0.4, 0.5) is 14.5 Å². The molecule has 2 unspecified atom stereocenters. The van der Waals surface area contributed by atoms with Gasteiger partial charge in [0.2, 0.25) is 0 Å². The fraction of sp³-hybridized carbons (Fsp3) is 0.389. The van der Waals surface area contributed by atoms with Crippen LogP contribution in [0.2, 0.25) is 0 Å². The zero-order valence-electron chi connectivity index (χ0n) is 14.5. The predicted octanol–water partition coefficient (Wildman–Crippen LogP) is 2.94. The van der Waals surface area contributed by atoms with Crippen LogP contribution < -0.4 is 10.6 Å². The quantitative estimate of drug-likeness (QED) is 0.715. The Balaban J connectivity index is 1.77. The number of halogens is 2. The van der Waals surface area contributed by atoms with Gasteiger partial charge in [0.25, 0.3) is 6.43 Å². The average Bonchev–Trinajstić information content (AvgIpc) is 3.08. The average molecular weight is 360 g/mol. The van der Waals surface area contributed by atoms with E-state index in [2.05, 4.69) is 26.8 Å². The van der Waals surface area contributed by atoms with Crippen molar-refractivity contribution in [3.63, 3.8) is 0 Å². The number of imidazole rings is 1. The summed E-state index contributed by atoms with van der Waals surface area (Å²) >= 11 is 0. The van der Waals surface area contributed by atoms with E-state index < -0.39 is 12.1 Å². The topological polar surface area (TPSA) is 94.7 Å². The van der Waals surface area contributed by atoms with Gasteiger partial charge in [0.05, 0.1) is 23.3 Å². The monoisotopic (exact) mass is 360 g/mol. The molecule has 0 amide bonds. The number of hydrogen-bond acceptors (Lipinski definition) is 5. The molecule has 6 nitrogen and oxygen atoms in total. The maximum absolute atomic E-state index is 12.3. The zero-order valence-corrected chi connectivity index (χ0v) is 14.5. The molecule has 26 heavy (non-hydrogen) atoms. The van der Waals surface area contributed by atoms with Crippen LogP contribution in [0.25, 0.3) is 17.5 Å². The summed E-state index contributed by atoms with van der Waals surface area (Å²) in [6.45, 7) is 3.95. The molecule has 0 spiro atoms. The molecule has 0 aliphatic carbocycles. The molecule has 2 aromatic heterocycles. The van der Waals surface area contributed by atoms with Crippen LogP contribution in [0, 0.1) is 11.3 Å². The van der Waals surface area contributed by atoms with Gasteiger partial charge in [-0.15, -0.1) is 0 Å². The van der Waals surface area contributed by atoms with Crippen molar-refractivity contribution < 1.29 is 8.78 Å². The summed E-state index contributed by atoms with van der Waals surface area (Å²) in [5.74, 6) is 0.927. The molecule has 0 saturated carbocycles. The van der Waals surface area contributed by atoms with Gasteiger partial charge in [0.15, 0.2) is 0 Å². The highest BCUT2D eigenvalue weighted by Crippen LogP contribution is 2.25. The largest absolute Gasteiger partial charge is 0.370 e. The normalized spacial score (nSPS) is 20.9. The number of nitrogens with zero attached hydrogens (tertiary/aromatic N) is 3. The number of H-pyrrole nitrogens is 1. The molecule has 138 valence electrons. The molecular formula is C18H22F2N6. The lowest BCUT2D eigenvalue weighted by Crippen LogP contribution is -2.46. The Labute approximate surface area is 150 Å². The maximum atomic E-state index is 12.3. The molecule has 0 bridgehead atoms. The summed E-state index contributed by atoms with van der Waals surface area (Å²) in [6, 6.07) is 4.08. The summed E-state index contributed by atoms with van der Waals surface area (Å²) < 4.78 is 24.7. The van der Waals surface area contributed by atoms with Gasteiger partial charge >= 0.3 is 0 Å². The number of pyridine rings is 1. The molecule has 4 N–H and O–H groups in total. The predicted molar refractivity (Wildman–Crippen MR) is 98.6 cm³/mol. The molecule has 3 heterocycles. The second-order valence-corrected chi connectivity index (χ2v) is 6.68. The Morgan fingerprint density at radius 1 is 1.42 bits per heavy atom. The number of aromatic amines is 1. The second kappa shape index (κ2) is 7.74. The standard InChI is InChI=1S/C18H22F2N6/c1-11-6-12(21)10-26(9-11)13-4-5-23-15(7-13)16-8-24-17(25-16)3-2-14(22)18(19)20/h2-5,7-8,11-12,18,22H,6,9-10,21H2,1H3,(H,24,25)/b3-2-,22-14?. The highest BCUT2D eigenvalue weighted by molar-refractivity contribution is 5.97. The van der Waals surface area contributed by atoms with Crippen molar-refractivity contribution in [2.45, 2.75) is 25.8 Å². The number of nitrogens with one attached hydrogen (secondary N) is 2. The van der Waals surface area contributed by atoms with Crippen molar-refractivity contribution >= 4 is 17.5 Å². The van der Waals surface area contributed by atoms with Gasteiger partial charge in [-0.2, -0.15) is 0 Å². The zero-order chi connectivity index (χ0) is 18.7. The van der Waals surface area contributed by atoms with Crippen LogP contribution in [-0.2, 0) is 0 Å². The van der Waals surface area contributed by atoms with Gasteiger partial charge in [0, 0.05) is 31.0 Å². The van der Waals surface area contributed by atoms with E-state index in [4.69, 9.17) is 11.1 Å². The van der Waals surface area contributed by atoms with Crippen LogP contribution >= 0.6 is 0 Å². The fourth-order valence-corrected chi connectivity index (χ4v) is 3.17. The van der Waals surface area contributed by atoms with Gasteiger partial charge in [-0.1, -0.05) is 6.92 Å². The first-order valence-corrected chi connectivity index (χ1v) is 8.49. The van der Waals surface area contributed by atoms with E-state index in [1.807, 2.05) is 12.1 Å². The van der Waals surface area contributed by atoms with Crippen LogP contribution in [-0.4, -0.2) is 46.2 Å². The molecule has 1 saturated heterocycles. The van der Waals surface area contributed by atoms with Crippen LogP contribution in [0.15, 0.2) is 30.6 Å². The third-order valence-electron chi connectivity index (χ3n) is 4.33. The van der Waals surface area contributed by atoms with Gasteiger partial charge in [-0.3, -0.25) is 10.4 Å². The summed E-state index contributed by atoms with van der Waals surface area (Å²) in [5, 5.41) is 7.13. The Kier molecular flexibility index (Phi) is 5.41. The van der Waals surface area contributed by atoms with E-state index in [1.165, 1.54) is 6.08 Å². The number of allylic oxidation sites excluding steroid dienone is 1. The Bertz CT molecular complexity index is 790. The van der Waals surface area contributed by atoms with Crippen LogP contribution in [0.1, 0.15) is 19.2 Å². The van der Waals surface area contributed by atoms with Crippen molar-refractivity contribution in [2.24, 2.45) is 11.7 Å². The Hall–Kier alpha value is -2.61. The lowest BCUT2D eigenvalue weighted by molar-refractivity contribution is 0.226. The molecule has 0 aromatic carbocycles. The number of piperidine rings is 1. The number of anilines is 1. The second-order valence-electron chi connectivity index (χ2n) is 6.68. The van der Waals surface area contributed by atoms with Gasteiger partial charge in [0.1, 0.15) is 5.82 Å². The fourth-order valence-electron chi connectivity index (χ4n) is 3.17. The minimum atomic E-state index is -2.79. The van der Waals surface area contributed by atoms with E-state index in [-0.39, 0.29) is 6.04 Å². The van der Waals surface area contributed by atoms with Crippen molar-refractivity contribution in [3.8, 4) is 11.4 Å². The SMILES string of the molecule is CC1CC(N)CN(c2ccnc(-c3cnc(/C=C\C(=N)C(F)F)[nH]3)c2)C1. The van der Waals surface area contributed by atoms with E-state index >= 15 is 0 Å². The van der Waals surface area contributed by atoms with Gasteiger partial charge in [-0.05, 0) is 36.6 Å². The van der Waals surface area contributed by atoms with Crippen LogP contribution in [0.3, 0.4) is 0 Å². The summed E-state index contributed by atoms with van der Waals surface area (Å²) in [6.07, 6.45) is 3.96. The lowest BCUT2D eigenvalue weighted by Gasteiger charge is -2.36. The van der Waals surface area contributed by atoms with Crippen LogP contribution in [0.5, 0.6) is 0 Å². The van der Waals surface area contributed by atoms with Gasteiger partial charge < -0.3 is 15.6 Å². The highest BCUT2D eigenvalue weighted by Gasteiger charge is 2.22. The molecule has 0 radical (unpaired) electrons. The molecule has 2 aromatic rings. The maximum Gasteiger partial charge on any atom is 0.279 e. The van der Waals surface area contributed by atoms with E-state index in [0.717, 1.165) is 31.3 Å². The van der Waals surface area contributed by atoms with E-state index in [1.54, 1.807) is 12.4 Å². The molecule has 1 aliphatic rings. The number of hydrogen-bond donors (Lipinski definition) is 3. The number of rotatable bonds is 5. The molecular weight excluding hydrogens is 338 g/mol. The van der Waals surface area contributed by atoms with E-state index in [0.29, 0.717) is 23.1 Å². The third-order valence-corrected chi connectivity index (χ3v) is 4.33. The summed E-state index contributed by atoms with van der Waals surface area (Å²) in [4.78, 5) is 13.8. The first-order chi connectivity index (χ1) is 12.4. The molecule has 3 rings (SSSR count). The number of aromatic nitrogens is 3. The summed E-state index contributed by atoms with van der Waals surface area (Å²) in [7, 11) is 0. The Morgan fingerprint density at radius 3 is 2.96 bits per heavy atom. The molecule has 2 atom stereocenters. The Morgan fingerprint density at radius 2 is 2.23 bits per heavy atom. The minimum absolute atomic E-state index is 0.157. The van der Waals surface area contributed by atoms with Crippen molar-refractivity contribution in [3.05, 3.63) is 36.4 Å². The highest BCUT2D eigenvalue weighted by atomic mass is 19.3. The van der Waals surface area contributed by atoms with E-state index in [9.17, 15) is 8.78 Å². The minimum Gasteiger partial charge on any atom is -0.370 e. The van der Waals surface area contributed by atoms with Crippen molar-refractivity contribution in [1.82, 2.24) is 15.0 Å². The first kappa shape index (κ1) is 18.2. The third kappa shape index (κ3) is 4.32. The smallest absolute Gasteiger partial charge is 0.279 e. The van der Waals surface area contributed by atoms with Gasteiger partial charge in [-0.25, -0.2) is 13.8 Å².